The zero-order valence-electron chi connectivity index (χ0n) is 14.3. The van der Waals surface area contributed by atoms with Crippen LogP contribution in [0.1, 0.15) is 28.4 Å². The fraction of sp³-hybridized carbons (Fsp3) is 0.278. The summed E-state index contributed by atoms with van der Waals surface area (Å²) < 4.78 is 37.3. The molecule has 2 aromatic carbocycles. The molecule has 3 rings (SSSR count). The zero-order chi connectivity index (χ0) is 19.2. The summed E-state index contributed by atoms with van der Waals surface area (Å²) in [5.74, 6) is 1.33. The normalized spacial score (nSPS) is 16.0. The van der Waals surface area contributed by atoms with E-state index in [2.05, 4.69) is 0 Å². The molecule has 0 aliphatic carbocycles. The van der Waals surface area contributed by atoms with E-state index in [9.17, 15) is 13.2 Å². The van der Waals surface area contributed by atoms with Gasteiger partial charge < -0.3 is 15.2 Å². The first-order valence-electron chi connectivity index (χ1n) is 7.92. The van der Waals surface area contributed by atoms with E-state index >= 15 is 0 Å². The van der Waals surface area contributed by atoms with Gasteiger partial charge in [0.25, 0.3) is 10.1 Å². The van der Waals surface area contributed by atoms with E-state index in [1.807, 2.05) is 30.3 Å². The second-order valence-electron chi connectivity index (χ2n) is 5.67. The molecule has 1 aliphatic rings. The lowest BCUT2D eigenvalue weighted by Gasteiger charge is -2.25. The van der Waals surface area contributed by atoms with Crippen molar-refractivity contribution in [1.29, 1.82) is 0 Å². The highest BCUT2D eigenvalue weighted by Gasteiger charge is 2.27. The summed E-state index contributed by atoms with van der Waals surface area (Å²) >= 11 is 0. The van der Waals surface area contributed by atoms with Crippen LogP contribution in [0.15, 0.2) is 48.5 Å². The maximum Gasteiger partial charge on any atom is 0.261 e. The summed E-state index contributed by atoms with van der Waals surface area (Å²) in [5.41, 5.74) is 7.00. The summed E-state index contributed by atoms with van der Waals surface area (Å²) in [7, 11) is -3.67. The van der Waals surface area contributed by atoms with Crippen molar-refractivity contribution >= 4 is 15.9 Å². The number of Topliss-reactive ketones (excluding diaryl/α,β-unsaturated/α-hetero) is 1. The molecule has 0 saturated heterocycles. The van der Waals surface area contributed by atoms with Crippen LogP contribution in [0.5, 0.6) is 11.5 Å². The first kappa shape index (κ1) is 19.9. The molecule has 0 amide bonds. The van der Waals surface area contributed by atoms with E-state index in [0.29, 0.717) is 42.9 Å². The van der Waals surface area contributed by atoms with E-state index < -0.39 is 10.1 Å². The lowest BCUT2D eigenvalue weighted by atomic mass is 9.96. The van der Waals surface area contributed by atoms with Gasteiger partial charge in [-0.3, -0.25) is 9.35 Å². The lowest BCUT2D eigenvalue weighted by molar-refractivity contribution is 0.0849. The van der Waals surface area contributed by atoms with Crippen LogP contribution in [0, 0.1) is 0 Å². The molecule has 3 N–H and O–H groups in total. The molecule has 1 heterocycles. The van der Waals surface area contributed by atoms with Crippen molar-refractivity contribution in [1.82, 2.24) is 0 Å². The number of carbonyl (C=O) groups is 1. The first-order chi connectivity index (χ1) is 12.3. The summed E-state index contributed by atoms with van der Waals surface area (Å²) in [6.45, 7) is 0.873. The van der Waals surface area contributed by atoms with Crippen LogP contribution in [0.2, 0.25) is 0 Å². The smallest absolute Gasteiger partial charge is 0.261 e. The summed E-state index contributed by atoms with van der Waals surface area (Å²) in [6, 6.07) is 15.1. The highest BCUT2D eigenvalue weighted by Crippen LogP contribution is 2.36. The fourth-order valence-electron chi connectivity index (χ4n) is 2.42. The molecule has 1 aliphatic heterocycles. The Hall–Kier alpha value is -2.42. The largest absolute Gasteiger partial charge is 0.492 e. The van der Waals surface area contributed by atoms with Gasteiger partial charge in [-0.15, -0.1) is 0 Å². The number of ether oxygens (including phenoxy) is 2. The average Bonchev–Trinajstić information content (AvgIpc) is 2.59. The minimum Gasteiger partial charge on any atom is -0.492 e. The van der Waals surface area contributed by atoms with Crippen LogP contribution < -0.4 is 15.2 Å². The van der Waals surface area contributed by atoms with Crippen LogP contribution in [0.4, 0.5) is 0 Å². The number of rotatable bonds is 4. The predicted octanol–water partition coefficient (Wildman–Crippen LogP) is 2.23. The third-order valence-corrected chi connectivity index (χ3v) is 3.45. The topological polar surface area (TPSA) is 116 Å². The molecule has 0 aromatic heterocycles. The molecule has 1 atom stereocenters. The molecule has 140 valence electrons. The van der Waals surface area contributed by atoms with Gasteiger partial charge in [0.15, 0.2) is 5.78 Å². The molecule has 7 nitrogen and oxygen atoms in total. The van der Waals surface area contributed by atoms with Crippen LogP contribution >= 0.6 is 0 Å². The van der Waals surface area contributed by atoms with Gasteiger partial charge in [0, 0.05) is 6.54 Å². The van der Waals surface area contributed by atoms with E-state index in [0.717, 1.165) is 5.56 Å². The Labute approximate surface area is 152 Å². The summed E-state index contributed by atoms with van der Waals surface area (Å²) in [6.07, 6.45) is 0.840. The fourth-order valence-corrected chi connectivity index (χ4v) is 2.42. The monoisotopic (exact) mass is 379 g/mol. The highest BCUT2D eigenvalue weighted by atomic mass is 32.2. The quantitative estimate of drug-likeness (QED) is 0.783. The Morgan fingerprint density at radius 1 is 1.23 bits per heavy atom. The number of carbonyl (C=O) groups excluding carboxylic acids is 1. The van der Waals surface area contributed by atoms with Crippen molar-refractivity contribution in [2.75, 3.05) is 19.4 Å². The van der Waals surface area contributed by atoms with E-state index in [4.69, 9.17) is 19.8 Å². The van der Waals surface area contributed by atoms with Crippen molar-refractivity contribution in [3.63, 3.8) is 0 Å². The molecular weight excluding hydrogens is 358 g/mol. The van der Waals surface area contributed by atoms with Crippen molar-refractivity contribution in [2.24, 2.45) is 5.73 Å². The minimum atomic E-state index is -3.67. The first-order valence-corrected chi connectivity index (χ1v) is 9.77. The predicted molar refractivity (Wildman–Crippen MR) is 97.2 cm³/mol. The lowest BCUT2D eigenvalue weighted by Crippen LogP contribution is -2.20. The van der Waals surface area contributed by atoms with Gasteiger partial charge in [0.1, 0.15) is 24.2 Å². The third kappa shape index (κ3) is 6.14. The van der Waals surface area contributed by atoms with Crippen LogP contribution in [-0.4, -0.2) is 38.2 Å². The SMILES string of the molecule is CS(=O)(=O)O.NCCOc1ccc2c(c1)C(=O)CC(c1ccccc1)O2. The molecular formula is C18H21NO6S. The Bertz CT molecular complexity index is 843. The standard InChI is InChI=1S/C17H17NO3.CH4O3S/c18-8-9-20-13-6-7-16-14(10-13)15(19)11-17(21-16)12-4-2-1-3-5-12;1-5(2,3)4/h1-7,10,17H,8-9,11,18H2;1H3,(H,2,3,4). The number of nitrogens with two attached hydrogens (primary N) is 1. The molecule has 1 unspecified atom stereocenters. The van der Waals surface area contributed by atoms with Crippen LogP contribution in [-0.2, 0) is 10.1 Å². The number of hydrogen-bond acceptors (Lipinski definition) is 6. The maximum atomic E-state index is 12.3. The Morgan fingerprint density at radius 2 is 1.88 bits per heavy atom. The number of fused-ring (bicyclic) bond motifs is 1. The Balaban J connectivity index is 0.000000431. The maximum absolute atomic E-state index is 12.3. The molecule has 0 saturated carbocycles. The number of benzene rings is 2. The average molecular weight is 379 g/mol. The van der Waals surface area contributed by atoms with Crippen molar-refractivity contribution in [2.45, 2.75) is 12.5 Å². The van der Waals surface area contributed by atoms with E-state index in [1.165, 1.54) is 0 Å². The van der Waals surface area contributed by atoms with Crippen LogP contribution in [0.3, 0.4) is 0 Å². The molecule has 2 aromatic rings. The second-order valence-corrected chi connectivity index (χ2v) is 7.14. The van der Waals surface area contributed by atoms with Gasteiger partial charge in [-0.25, -0.2) is 0 Å². The highest BCUT2D eigenvalue weighted by molar-refractivity contribution is 7.85. The third-order valence-electron chi connectivity index (χ3n) is 3.45. The Kier molecular flexibility index (Phi) is 6.73. The van der Waals surface area contributed by atoms with Gasteiger partial charge in [-0.05, 0) is 23.8 Å². The van der Waals surface area contributed by atoms with Crippen LogP contribution in [0.25, 0.3) is 0 Å². The van der Waals surface area contributed by atoms with E-state index in [1.54, 1.807) is 18.2 Å². The second kappa shape index (κ2) is 8.79. The van der Waals surface area contributed by atoms with E-state index in [-0.39, 0.29) is 11.9 Å². The number of hydrogen-bond donors (Lipinski definition) is 2. The summed E-state index contributed by atoms with van der Waals surface area (Å²) in [5, 5.41) is 0. The van der Waals surface area contributed by atoms with Gasteiger partial charge in [0.05, 0.1) is 18.2 Å². The molecule has 8 heteroatoms. The summed E-state index contributed by atoms with van der Waals surface area (Å²) in [4.78, 5) is 12.3. The zero-order valence-corrected chi connectivity index (χ0v) is 15.1. The molecule has 26 heavy (non-hydrogen) atoms. The van der Waals surface area contributed by atoms with Gasteiger partial charge in [-0.2, -0.15) is 8.42 Å². The molecule has 0 radical (unpaired) electrons. The van der Waals surface area contributed by atoms with Gasteiger partial charge in [-0.1, -0.05) is 30.3 Å². The van der Waals surface area contributed by atoms with Gasteiger partial charge >= 0.3 is 0 Å². The molecule has 0 spiro atoms. The van der Waals surface area contributed by atoms with Crippen molar-refractivity contribution < 1.29 is 27.2 Å². The molecule has 0 bridgehead atoms. The van der Waals surface area contributed by atoms with Crippen molar-refractivity contribution in [3.05, 3.63) is 59.7 Å². The van der Waals surface area contributed by atoms with Gasteiger partial charge in [0.2, 0.25) is 0 Å². The van der Waals surface area contributed by atoms with Crippen molar-refractivity contribution in [3.8, 4) is 11.5 Å². The number of ketones is 1. The Morgan fingerprint density at radius 3 is 2.50 bits per heavy atom. The minimum absolute atomic E-state index is 0.0725. The molecule has 0 fully saturated rings.